The third-order valence-corrected chi connectivity index (χ3v) is 3.24. The smallest absolute Gasteiger partial charge is 0.270 e. The van der Waals surface area contributed by atoms with Crippen LogP contribution in [0.1, 0.15) is 16.1 Å². The van der Waals surface area contributed by atoms with Crippen LogP contribution in [0.5, 0.6) is 0 Å². The zero-order chi connectivity index (χ0) is 16.7. The van der Waals surface area contributed by atoms with Gasteiger partial charge in [-0.05, 0) is 18.2 Å². The number of non-ortho nitro benzene ring substituents is 1. The van der Waals surface area contributed by atoms with E-state index in [1.165, 1.54) is 18.2 Å². The Balaban J connectivity index is 2.22. The molecule has 0 bridgehead atoms. The summed E-state index contributed by atoms with van der Waals surface area (Å²) in [6, 6.07) is 11.2. The summed E-state index contributed by atoms with van der Waals surface area (Å²) in [5.41, 5.74) is 0.897. The third kappa shape index (κ3) is 4.58. The number of carbonyl (C=O) groups excluding carboxylic acids is 1. The second-order valence-electron chi connectivity index (χ2n) is 4.85. The summed E-state index contributed by atoms with van der Waals surface area (Å²) in [4.78, 5) is 28.8. The second kappa shape index (κ2) is 8.00. The molecule has 23 heavy (non-hydrogen) atoms. The highest BCUT2D eigenvalue weighted by Crippen LogP contribution is 2.16. The minimum absolute atomic E-state index is 0.111. The number of pyridine rings is 1. The number of rotatable bonds is 7. The van der Waals surface area contributed by atoms with E-state index in [4.69, 9.17) is 4.74 Å². The van der Waals surface area contributed by atoms with Gasteiger partial charge in [0.2, 0.25) is 0 Å². The van der Waals surface area contributed by atoms with Crippen molar-refractivity contribution in [3.05, 3.63) is 70.0 Å². The van der Waals surface area contributed by atoms with Crippen molar-refractivity contribution in [1.82, 2.24) is 9.88 Å². The maximum Gasteiger partial charge on any atom is 0.270 e. The normalized spacial score (nSPS) is 10.3. The highest BCUT2D eigenvalue weighted by Gasteiger charge is 2.18. The van der Waals surface area contributed by atoms with Crippen LogP contribution < -0.4 is 0 Å². The zero-order valence-electron chi connectivity index (χ0n) is 12.7. The van der Waals surface area contributed by atoms with Gasteiger partial charge in [-0.3, -0.25) is 19.9 Å². The fourth-order valence-electron chi connectivity index (χ4n) is 2.08. The maximum atomic E-state index is 12.6. The molecule has 1 aromatic heterocycles. The van der Waals surface area contributed by atoms with Crippen molar-refractivity contribution >= 4 is 11.6 Å². The number of hydrogen-bond acceptors (Lipinski definition) is 5. The maximum absolute atomic E-state index is 12.6. The van der Waals surface area contributed by atoms with Crippen LogP contribution in [0.25, 0.3) is 0 Å². The predicted octanol–water partition coefficient (Wildman–Crippen LogP) is 2.28. The van der Waals surface area contributed by atoms with Crippen LogP contribution in [-0.2, 0) is 11.3 Å². The van der Waals surface area contributed by atoms with Crippen LogP contribution in [0.15, 0.2) is 48.7 Å². The molecule has 1 heterocycles. The van der Waals surface area contributed by atoms with Gasteiger partial charge in [0.25, 0.3) is 11.6 Å². The number of methoxy groups -OCH3 is 1. The monoisotopic (exact) mass is 315 g/mol. The standard InChI is InChI=1S/C16H17N3O4/c1-23-10-9-18(12-14-6-2-3-8-17-14)16(20)13-5-4-7-15(11-13)19(21)22/h2-8,11H,9-10,12H2,1H3. The molecule has 120 valence electrons. The van der Waals surface area contributed by atoms with Crippen molar-refractivity contribution in [2.24, 2.45) is 0 Å². The summed E-state index contributed by atoms with van der Waals surface area (Å²) in [6.45, 7) is 1.05. The molecule has 7 heteroatoms. The number of aromatic nitrogens is 1. The van der Waals surface area contributed by atoms with Crippen LogP contribution in [0.4, 0.5) is 5.69 Å². The highest BCUT2D eigenvalue weighted by atomic mass is 16.6. The van der Waals surface area contributed by atoms with Gasteiger partial charge in [-0.25, -0.2) is 0 Å². The van der Waals surface area contributed by atoms with Crippen LogP contribution in [0, 0.1) is 10.1 Å². The van der Waals surface area contributed by atoms with E-state index in [0.29, 0.717) is 19.7 Å². The Morgan fingerprint density at radius 1 is 1.30 bits per heavy atom. The van der Waals surface area contributed by atoms with E-state index in [1.807, 2.05) is 12.1 Å². The first-order valence-corrected chi connectivity index (χ1v) is 7.04. The topological polar surface area (TPSA) is 85.6 Å². The van der Waals surface area contributed by atoms with Crippen molar-refractivity contribution < 1.29 is 14.5 Å². The SMILES string of the molecule is COCCN(Cc1ccccn1)C(=O)c1cccc([N+](=O)[O-])c1. The lowest BCUT2D eigenvalue weighted by Crippen LogP contribution is -2.33. The number of amides is 1. The lowest BCUT2D eigenvalue weighted by Gasteiger charge is -2.22. The lowest BCUT2D eigenvalue weighted by atomic mass is 10.1. The average Bonchev–Trinajstić information content (AvgIpc) is 2.59. The summed E-state index contributed by atoms with van der Waals surface area (Å²) >= 11 is 0. The molecule has 0 unspecified atom stereocenters. The Hall–Kier alpha value is -2.80. The minimum atomic E-state index is -0.519. The molecule has 0 saturated carbocycles. The van der Waals surface area contributed by atoms with Crippen LogP contribution in [-0.4, -0.2) is 41.0 Å². The third-order valence-electron chi connectivity index (χ3n) is 3.24. The molecule has 0 N–H and O–H groups in total. The molecule has 0 aliphatic heterocycles. The van der Waals surface area contributed by atoms with Crippen LogP contribution in [0.3, 0.4) is 0 Å². The van der Waals surface area contributed by atoms with Gasteiger partial charge < -0.3 is 9.64 Å². The van der Waals surface area contributed by atoms with E-state index in [1.54, 1.807) is 30.3 Å². The van der Waals surface area contributed by atoms with E-state index in [0.717, 1.165) is 5.69 Å². The van der Waals surface area contributed by atoms with Crippen LogP contribution in [0.2, 0.25) is 0 Å². The molecule has 0 aliphatic rings. The number of benzene rings is 1. The van der Waals surface area contributed by atoms with Crippen molar-refractivity contribution in [2.45, 2.75) is 6.54 Å². The van der Waals surface area contributed by atoms with E-state index >= 15 is 0 Å². The van der Waals surface area contributed by atoms with Gasteiger partial charge in [-0.2, -0.15) is 0 Å². The average molecular weight is 315 g/mol. The number of nitro groups is 1. The Labute approximate surface area is 133 Å². The van der Waals surface area contributed by atoms with E-state index in [-0.39, 0.29) is 17.2 Å². The molecule has 0 fully saturated rings. The second-order valence-corrected chi connectivity index (χ2v) is 4.85. The first-order chi connectivity index (χ1) is 11.1. The number of hydrogen-bond donors (Lipinski definition) is 0. The number of carbonyl (C=O) groups is 1. The first kappa shape index (κ1) is 16.6. The Morgan fingerprint density at radius 2 is 2.13 bits per heavy atom. The van der Waals surface area contributed by atoms with E-state index in [9.17, 15) is 14.9 Å². The molecule has 2 rings (SSSR count). The van der Waals surface area contributed by atoms with Gasteiger partial charge in [0.1, 0.15) is 0 Å². The van der Waals surface area contributed by atoms with Crippen molar-refractivity contribution in [2.75, 3.05) is 20.3 Å². The number of nitro benzene ring substituents is 1. The first-order valence-electron chi connectivity index (χ1n) is 7.04. The molecule has 7 nitrogen and oxygen atoms in total. The number of ether oxygens (including phenoxy) is 1. The Kier molecular flexibility index (Phi) is 5.76. The van der Waals surface area contributed by atoms with Crippen molar-refractivity contribution in [3.8, 4) is 0 Å². The molecule has 0 aliphatic carbocycles. The molecule has 0 atom stereocenters. The predicted molar refractivity (Wildman–Crippen MR) is 83.9 cm³/mol. The molecule has 1 aromatic carbocycles. The lowest BCUT2D eigenvalue weighted by molar-refractivity contribution is -0.384. The van der Waals surface area contributed by atoms with E-state index in [2.05, 4.69) is 4.98 Å². The van der Waals surface area contributed by atoms with E-state index < -0.39 is 4.92 Å². The summed E-state index contributed by atoms with van der Waals surface area (Å²) in [5.74, 6) is -0.295. The fourth-order valence-corrected chi connectivity index (χ4v) is 2.08. The molecule has 2 aromatic rings. The summed E-state index contributed by atoms with van der Waals surface area (Å²) < 4.78 is 5.04. The summed E-state index contributed by atoms with van der Waals surface area (Å²) in [6.07, 6.45) is 1.65. The summed E-state index contributed by atoms with van der Waals surface area (Å²) in [5, 5.41) is 10.9. The molecule has 1 amide bonds. The van der Waals surface area contributed by atoms with Gasteiger partial charge in [-0.1, -0.05) is 12.1 Å². The summed E-state index contributed by atoms with van der Waals surface area (Å²) in [7, 11) is 1.55. The molecule has 0 radical (unpaired) electrons. The number of nitrogens with zero attached hydrogens (tertiary/aromatic N) is 3. The quantitative estimate of drug-likeness (QED) is 0.578. The van der Waals surface area contributed by atoms with Crippen LogP contribution >= 0.6 is 0 Å². The fraction of sp³-hybridized carbons (Fsp3) is 0.250. The van der Waals surface area contributed by atoms with Gasteiger partial charge in [-0.15, -0.1) is 0 Å². The zero-order valence-corrected chi connectivity index (χ0v) is 12.7. The van der Waals surface area contributed by atoms with Gasteiger partial charge in [0, 0.05) is 37.5 Å². The van der Waals surface area contributed by atoms with Gasteiger partial charge >= 0.3 is 0 Å². The Bertz CT molecular complexity index is 676. The molecular weight excluding hydrogens is 298 g/mol. The Morgan fingerprint density at radius 3 is 2.78 bits per heavy atom. The largest absolute Gasteiger partial charge is 0.383 e. The minimum Gasteiger partial charge on any atom is -0.383 e. The van der Waals surface area contributed by atoms with Crippen molar-refractivity contribution in [1.29, 1.82) is 0 Å². The molecular formula is C16H17N3O4. The van der Waals surface area contributed by atoms with Gasteiger partial charge in [0.15, 0.2) is 0 Å². The molecule has 0 saturated heterocycles. The van der Waals surface area contributed by atoms with Crippen molar-refractivity contribution in [3.63, 3.8) is 0 Å². The molecule has 0 spiro atoms. The van der Waals surface area contributed by atoms with Gasteiger partial charge in [0.05, 0.1) is 23.8 Å². The highest BCUT2D eigenvalue weighted by molar-refractivity contribution is 5.94.